The van der Waals surface area contributed by atoms with Crippen molar-refractivity contribution in [1.29, 1.82) is 0 Å². The highest BCUT2D eigenvalue weighted by Gasteiger charge is 2.07. The van der Waals surface area contributed by atoms with Crippen molar-refractivity contribution in [2.45, 2.75) is 0 Å². The fourth-order valence-corrected chi connectivity index (χ4v) is 3.15. The molecule has 0 saturated heterocycles. The molecule has 6 heteroatoms. The summed E-state index contributed by atoms with van der Waals surface area (Å²) in [4.78, 5) is 4.98. The third-order valence-electron chi connectivity index (χ3n) is 3.23. The molecule has 0 aliphatic heterocycles. The molecule has 1 aromatic heterocycles. The average molecular weight is 390 g/mol. The number of benzene rings is 2. The molecule has 0 saturated carbocycles. The van der Waals surface area contributed by atoms with Gasteiger partial charge < -0.3 is 0 Å². The third kappa shape index (κ3) is 3.48. The Kier molecular flexibility index (Phi) is 4.83. The van der Waals surface area contributed by atoms with Gasteiger partial charge in [-0.15, -0.1) is 11.3 Å². The highest BCUT2D eigenvalue weighted by molar-refractivity contribution is 9.10. The molecule has 0 N–H and O–H groups in total. The smallest absolute Gasteiger partial charge is 0.205 e. The van der Waals surface area contributed by atoms with Gasteiger partial charge in [-0.25, -0.2) is 9.07 Å². The van der Waals surface area contributed by atoms with Crippen LogP contribution in [0.1, 0.15) is 5.56 Å². The molecule has 3 nitrogen and oxygen atoms in total. The molecular weight excluding hydrogens is 377 g/mol. The Morgan fingerprint density at radius 2 is 1.87 bits per heavy atom. The number of halogens is 2. The van der Waals surface area contributed by atoms with Gasteiger partial charge in [-0.3, -0.25) is 4.99 Å². The van der Waals surface area contributed by atoms with Crippen LogP contribution < -0.4 is 4.80 Å². The zero-order valence-electron chi connectivity index (χ0n) is 12.3. The average Bonchev–Trinajstić information content (AvgIpc) is 2.98. The lowest BCUT2D eigenvalue weighted by Gasteiger charge is -2.04. The van der Waals surface area contributed by atoms with E-state index >= 15 is 0 Å². The van der Waals surface area contributed by atoms with Gasteiger partial charge in [0.2, 0.25) is 4.80 Å². The summed E-state index contributed by atoms with van der Waals surface area (Å²) in [7, 11) is 1.71. The maximum atomic E-state index is 13.7. The molecule has 2 aromatic carbocycles. The van der Waals surface area contributed by atoms with E-state index in [0.717, 1.165) is 20.5 Å². The summed E-state index contributed by atoms with van der Waals surface area (Å²) >= 11 is 4.92. The van der Waals surface area contributed by atoms with Gasteiger partial charge in [-0.1, -0.05) is 46.3 Å². The molecule has 0 aliphatic carbocycles. The van der Waals surface area contributed by atoms with Gasteiger partial charge in [0.05, 0.1) is 11.9 Å². The highest BCUT2D eigenvalue weighted by Crippen LogP contribution is 2.22. The molecule has 0 radical (unpaired) electrons. The van der Waals surface area contributed by atoms with E-state index in [4.69, 9.17) is 0 Å². The van der Waals surface area contributed by atoms with E-state index in [0.29, 0.717) is 5.56 Å². The van der Waals surface area contributed by atoms with Crippen molar-refractivity contribution in [2.75, 3.05) is 7.05 Å². The minimum absolute atomic E-state index is 0.299. The van der Waals surface area contributed by atoms with Gasteiger partial charge in [0, 0.05) is 28.0 Å². The van der Waals surface area contributed by atoms with Crippen LogP contribution in [-0.4, -0.2) is 17.9 Å². The summed E-state index contributed by atoms with van der Waals surface area (Å²) in [6.07, 6.45) is 1.51. The minimum Gasteiger partial charge on any atom is -0.261 e. The molecule has 1 heterocycles. The first-order valence-electron chi connectivity index (χ1n) is 6.87. The van der Waals surface area contributed by atoms with Gasteiger partial charge in [0.1, 0.15) is 5.82 Å². The van der Waals surface area contributed by atoms with Gasteiger partial charge in [-0.05, 0) is 18.2 Å². The summed E-state index contributed by atoms with van der Waals surface area (Å²) < 4.78 is 16.5. The molecule has 0 fully saturated rings. The largest absolute Gasteiger partial charge is 0.261 e. The SMILES string of the molecule is CN=c1scc(-c2ccc(Br)cc2)n1/N=C/c1ccccc1F. The molecule has 0 spiro atoms. The van der Waals surface area contributed by atoms with Crippen LogP contribution in [0.3, 0.4) is 0 Å². The minimum atomic E-state index is -0.299. The Balaban J connectivity index is 2.06. The van der Waals surface area contributed by atoms with Crippen molar-refractivity contribution in [1.82, 2.24) is 4.68 Å². The van der Waals surface area contributed by atoms with Crippen molar-refractivity contribution in [3.63, 3.8) is 0 Å². The first-order valence-corrected chi connectivity index (χ1v) is 8.54. The third-order valence-corrected chi connectivity index (χ3v) is 4.67. The Morgan fingerprint density at radius 3 is 2.57 bits per heavy atom. The highest BCUT2D eigenvalue weighted by atomic mass is 79.9. The summed E-state index contributed by atoms with van der Waals surface area (Å²) in [6, 6.07) is 14.5. The number of aromatic nitrogens is 1. The molecule has 3 rings (SSSR count). The molecule has 0 bridgehead atoms. The lowest BCUT2D eigenvalue weighted by molar-refractivity contribution is 0.625. The number of hydrogen-bond acceptors (Lipinski definition) is 3. The van der Waals surface area contributed by atoms with Gasteiger partial charge in [-0.2, -0.15) is 5.10 Å². The van der Waals surface area contributed by atoms with Crippen LogP contribution in [0.15, 0.2) is 68.5 Å². The van der Waals surface area contributed by atoms with Crippen molar-refractivity contribution in [3.8, 4) is 11.3 Å². The number of hydrogen-bond donors (Lipinski definition) is 0. The maximum absolute atomic E-state index is 13.7. The van der Waals surface area contributed by atoms with Crippen LogP contribution >= 0.6 is 27.3 Å². The first-order chi connectivity index (χ1) is 11.2. The van der Waals surface area contributed by atoms with Crippen LogP contribution in [0.25, 0.3) is 11.3 Å². The molecule has 0 aliphatic rings. The molecule has 3 aromatic rings. The molecule has 0 unspecified atom stereocenters. The second-order valence-corrected chi connectivity index (χ2v) is 6.46. The van der Waals surface area contributed by atoms with Crippen LogP contribution in [-0.2, 0) is 0 Å². The van der Waals surface area contributed by atoms with E-state index in [2.05, 4.69) is 26.0 Å². The van der Waals surface area contributed by atoms with E-state index in [1.165, 1.54) is 23.6 Å². The summed E-state index contributed by atoms with van der Waals surface area (Å²) in [5.41, 5.74) is 2.37. The summed E-state index contributed by atoms with van der Waals surface area (Å²) in [6.45, 7) is 0. The molecule has 116 valence electrons. The Morgan fingerprint density at radius 1 is 1.13 bits per heavy atom. The van der Waals surface area contributed by atoms with Crippen LogP contribution in [0.5, 0.6) is 0 Å². The fourth-order valence-electron chi connectivity index (χ4n) is 2.08. The molecule has 0 atom stereocenters. The van der Waals surface area contributed by atoms with E-state index in [9.17, 15) is 4.39 Å². The van der Waals surface area contributed by atoms with Gasteiger partial charge >= 0.3 is 0 Å². The standard InChI is InChI=1S/C17H13BrFN3S/c1-20-17-22(21-10-13-4-2-3-5-15(13)19)16(11-23-17)12-6-8-14(18)9-7-12/h2-11H,1H3/b20-17?,21-10+. The van der Waals surface area contributed by atoms with Crippen LogP contribution in [0.4, 0.5) is 4.39 Å². The monoisotopic (exact) mass is 389 g/mol. The number of rotatable bonds is 3. The second-order valence-electron chi connectivity index (χ2n) is 4.71. The quantitative estimate of drug-likeness (QED) is 0.589. The van der Waals surface area contributed by atoms with Crippen molar-refractivity contribution < 1.29 is 4.39 Å². The Hall–Kier alpha value is -2.05. The normalized spacial score (nSPS) is 12.2. The predicted molar refractivity (Wildman–Crippen MR) is 96.3 cm³/mol. The lowest BCUT2D eigenvalue weighted by Crippen LogP contribution is -2.11. The van der Waals surface area contributed by atoms with Crippen LogP contribution in [0.2, 0.25) is 0 Å². The zero-order valence-corrected chi connectivity index (χ0v) is 14.7. The van der Waals surface area contributed by atoms with Gasteiger partial charge in [0.25, 0.3) is 0 Å². The summed E-state index contributed by atoms with van der Waals surface area (Å²) in [5.74, 6) is -0.299. The fraction of sp³-hybridized carbons (Fsp3) is 0.0588. The Labute approximate surface area is 145 Å². The lowest BCUT2D eigenvalue weighted by atomic mass is 10.2. The van der Waals surface area contributed by atoms with E-state index < -0.39 is 0 Å². The Bertz CT molecular complexity index is 910. The first kappa shape index (κ1) is 15.8. The number of nitrogens with zero attached hydrogens (tertiary/aromatic N) is 3. The maximum Gasteiger partial charge on any atom is 0.205 e. The number of thiazole rings is 1. The predicted octanol–water partition coefficient (Wildman–Crippen LogP) is 4.53. The van der Waals surface area contributed by atoms with E-state index in [-0.39, 0.29) is 5.82 Å². The van der Waals surface area contributed by atoms with Crippen molar-refractivity contribution >= 4 is 33.5 Å². The van der Waals surface area contributed by atoms with E-state index in [1.54, 1.807) is 29.9 Å². The van der Waals surface area contributed by atoms with Crippen molar-refractivity contribution in [3.05, 3.63) is 74.6 Å². The van der Waals surface area contributed by atoms with E-state index in [1.807, 2.05) is 29.6 Å². The topological polar surface area (TPSA) is 29.6 Å². The van der Waals surface area contributed by atoms with Crippen molar-refractivity contribution in [2.24, 2.45) is 10.1 Å². The zero-order chi connectivity index (χ0) is 16.2. The van der Waals surface area contributed by atoms with Crippen LogP contribution in [0, 0.1) is 5.82 Å². The summed E-state index contributed by atoms with van der Waals surface area (Å²) in [5, 5.41) is 6.41. The molecule has 0 amide bonds. The van der Waals surface area contributed by atoms with Gasteiger partial charge in [0.15, 0.2) is 0 Å². The second kappa shape index (κ2) is 7.02. The molecular formula is C17H13BrFN3S. The molecule has 23 heavy (non-hydrogen) atoms.